The Morgan fingerprint density at radius 1 is 1.48 bits per heavy atom. The van der Waals surface area contributed by atoms with E-state index in [2.05, 4.69) is 10.6 Å². The molecule has 6 heteroatoms. The van der Waals surface area contributed by atoms with Crippen molar-refractivity contribution in [3.05, 3.63) is 29.8 Å². The molecule has 1 aliphatic heterocycles. The van der Waals surface area contributed by atoms with E-state index in [1.807, 2.05) is 43.0 Å². The van der Waals surface area contributed by atoms with Crippen LogP contribution in [0.25, 0.3) is 0 Å². The molecule has 1 atom stereocenters. The summed E-state index contributed by atoms with van der Waals surface area (Å²) in [6.07, 6.45) is 0.545. The summed E-state index contributed by atoms with van der Waals surface area (Å²) in [5.74, 6) is 3.10. The molecule has 0 radical (unpaired) electrons. The molecule has 1 unspecified atom stereocenters. The number of halogens is 1. The van der Waals surface area contributed by atoms with Crippen molar-refractivity contribution in [1.29, 1.82) is 0 Å². The Hall–Kier alpha value is -0.910. The third-order valence-electron chi connectivity index (χ3n) is 3.18. The first kappa shape index (κ1) is 18.1. The van der Waals surface area contributed by atoms with Crippen LogP contribution < -0.4 is 15.4 Å². The molecule has 4 nitrogen and oxygen atoms in total. The summed E-state index contributed by atoms with van der Waals surface area (Å²) in [5.41, 5.74) is 1.02. The lowest BCUT2D eigenvalue weighted by molar-refractivity contribution is -0.121. The zero-order valence-electron chi connectivity index (χ0n) is 12.3. The van der Waals surface area contributed by atoms with Gasteiger partial charge in [-0.2, -0.15) is 11.8 Å². The van der Waals surface area contributed by atoms with Crippen LogP contribution in [0.1, 0.15) is 18.9 Å². The SMILES string of the molecule is CCOc1ccccc1CNC(=O)CC1CSCCN1.Cl. The van der Waals surface area contributed by atoms with E-state index >= 15 is 0 Å². The van der Waals surface area contributed by atoms with Gasteiger partial charge in [0.05, 0.1) is 6.61 Å². The fourth-order valence-corrected chi connectivity index (χ4v) is 3.14. The van der Waals surface area contributed by atoms with Crippen LogP contribution >= 0.6 is 24.2 Å². The van der Waals surface area contributed by atoms with E-state index in [0.29, 0.717) is 25.6 Å². The van der Waals surface area contributed by atoms with E-state index in [0.717, 1.165) is 29.4 Å². The van der Waals surface area contributed by atoms with E-state index in [9.17, 15) is 4.79 Å². The Balaban J connectivity index is 0.00000220. The lowest BCUT2D eigenvalue weighted by Gasteiger charge is -2.22. The number of nitrogens with one attached hydrogen (secondary N) is 2. The van der Waals surface area contributed by atoms with Gasteiger partial charge in [0.2, 0.25) is 5.91 Å². The highest BCUT2D eigenvalue weighted by molar-refractivity contribution is 7.99. The molecule has 1 saturated heterocycles. The van der Waals surface area contributed by atoms with Crippen molar-refractivity contribution in [2.24, 2.45) is 0 Å². The number of thioether (sulfide) groups is 1. The van der Waals surface area contributed by atoms with Crippen molar-refractivity contribution in [3.63, 3.8) is 0 Å². The van der Waals surface area contributed by atoms with Crippen molar-refractivity contribution >= 4 is 30.1 Å². The highest BCUT2D eigenvalue weighted by Crippen LogP contribution is 2.17. The van der Waals surface area contributed by atoms with Gasteiger partial charge in [-0.25, -0.2) is 0 Å². The fourth-order valence-electron chi connectivity index (χ4n) is 2.19. The number of benzene rings is 1. The Kier molecular flexibility index (Phi) is 8.57. The molecule has 0 spiro atoms. The van der Waals surface area contributed by atoms with Gasteiger partial charge in [-0.15, -0.1) is 12.4 Å². The standard InChI is InChI=1S/C15H22N2O2S.ClH/c1-2-19-14-6-4-3-5-12(14)10-17-15(18)9-13-11-20-8-7-16-13;/h3-6,13,16H,2,7-11H2,1H3,(H,17,18);1H. The number of carbonyl (C=O) groups excluding carboxylic acids is 1. The van der Waals surface area contributed by atoms with Crippen LogP contribution in [-0.2, 0) is 11.3 Å². The summed E-state index contributed by atoms with van der Waals surface area (Å²) in [6, 6.07) is 8.13. The van der Waals surface area contributed by atoms with Gasteiger partial charge in [0, 0.05) is 42.6 Å². The van der Waals surface area contributed by atoms with Gasteiger partial charge in [-0.05, 0) is 13.0 Å². The molecule has 118 valence electrons. The van der Waals surface area contributed by atoms with Crippen LogP contribution in [0.2, 0.25) is 0 Å². The van der Waals surface area contributed by atoms with Gasteiger partial charge in [-0.3, -0.25) is 4.79 Å². The molecular formula is C15H23ClN2O2S. The first-order valence-electron chi connectivity index (χ1n) is 7.08. The summed E-state index contributed by atoms with van der Waals surface area (Å²) >= 11 is 1.91. The molecule has 1 heterocycles. The number of carbonyl (C=O) groups is 1. The molecule has 1 aromatic rings. The topological polar surface area (TPSA) is 50.4 Å². The average molecular weight is 331 g/mol. The molecule has 21 heavy (non-hydrogen) atoms. The minimum atomic E-state index is 0. The smallest absolute Gasteiger partial charge is 0.221 e. The largest absolute Gasteiger partial charge is 0.494 e. The second-order valence-electron chi connectivity index (χ2n) is 4.75. The van der Waals surface area contributed by atoms with Crippen molar-refractivity contribution in [3.8, 4) is 5.75 Å². The van der Waals surface area contributed by atoms with Crippen molar-refractivity contribution < 1.29 is 9.53 Å². The zero-order valence-corrected chi connectivity index (χ0v) is 13.9. The van der Waals surface area contributed by atoms with Crippen LogP contribution in [0.15, 0.2) is 24.3 Å². The fraction of sp³-hybridized carbons (Fsp3) is 0.533. The van der Waals surface area contributed by atoms with E-state index < -0.39 is 0 Å². The molecule has 1 aromatic carbocycles. The van der Waals surface area contributed by atoms with E-state index in [-0.39, 0.29) is 18.3 Å². The van der Waals surface area contributed by atoms with Gasteiger partial charge < -0.3 is 15.4 Å². The third-order valence-corrected chi connectivity index (χ3v) is 4.31. The van der Waals surface area contributed by atoms with Crippen LogP contribution in [0.5, 0.6) is 5.75 Å². The predicted molar refractivity (Wildman–Crippen MR) is 90.4 cm³/mol. The van der Waals surface area contributed by atoms with Crippen molar-refractivity contribution in [2.75, 3.05) is 24.7 Å². The maximum absolute atomic E-state index is 12.0. The van der Waals surface area contributed by atoms with Gasteiger partial charge in [-0.1, -0.05) is 18.2 Å². The molecule has 0 bridgehead atoms. The van der Waals surface area contributed by atoms with Crippen LogP contribution in [0.3, 0.4) is 0 Å². The van der Waals surface area contributed by atoms with Gasteiger partial charge in [0.25, 0.3) is 0 Å². The highest BCUT2D eigenvalue weighted by Gasteiger charge is 2.16. The summed E-state index contributed by atoms with van der Waals surface area (Å²) in [4.78, 5) is 12.0. The predicted octanol–water partition coefficient (Wildman–Crippen LogP) is 2.22. The Morgan fingerprint density at radius 3 is 3.00 bits per heavy atom. The second kappa shape index (κ2) is 9.92. The number of para-hydroxylation sites is 1. The normalized spacial score (nSPS) is 17.7. The quantitative estimate of drug-likeness (QED) is 0.839. The lowest BCUT2D eigenvalue weighted by Crippen LogP contribution is -2.41. The number of ether oxygens (including phenoxy) is 1. The minimum absolute atomic E-state index is 0. The average Bonchev–Trinajstić information content (AvgIpc) is 2.48. The third kappa shape index (κ3) is 6.16. The van der Waals surface area contributed by atoms with Gasteiger partial charge >= 0.3 is 0 Å². The molecule has 0 saturated carbocycles. The van der Waals surface area contributed by atoms with Gasteiger partial charge in [0.1, 0.15) is 5.75 Å². The van der Waals surface area contributed by atoms with E-state index in [1.165, 1.54) is 0 Å². The first-order valence-corrected chi connectivity index (χ1v) is 8.23. The Bertz CT molecular complexity index is 439. The number of rotatable bonds is 6. The molecule has 0 aliphatic carbocycles. The Labute approximate surface area is 136 Å². The summed E-state index contributed by atoms with van der Waals surface area (Å²) < 4.78 is 5.55. The minimum Gasteiger partial charge on any atom is -0.494 e. The summed E-state index contributed by atoms with van der Waals surface area (Å²) in [7, 11) is 0. The zero-order chi connectivity index (χ0) is 14.2. The van der Waals surface area contributed by atoms with Crippen LogP contribution in [0.4, 0.5) is 0 Å². The number of amides is 1. The summed E-state index contributed by atoms with van der Waals surface area (Å²) in [5, 5.41) is 6.35. The molecule has 1 aliphatic rings. The van der Waals surface area contributed by atoms with Crippen LogP contribution in [0, 0.1) is 0 Å². The number of hydrogen-bond acceptors (Lipinski definition) is 4. The molecule has 2 rings (SSSR count). The van der Waals surface area contributed by atoms with Crippen molar-refractivity contribution in [2.45, 2.75) is 25.9 Å². The maximum Gasteiger partial charge on any atom is 0.221 e. The number of hydrogen-bond donors (Lipinski definition) is 2. The lowest BCUT2D eigenvalue weighted by atomic mass is 10.2. The second-order valence-corrected chi connectivity index (χ2v) is 5.90. The molecule has 2 N–H and O–H groups in total. The molecule has 1 amide bonds. The van der Waals surface area contributed by atoms with Crippen molar-refractivity contribution in [1.82, 2.24) is 10.6 Å². The molecule has 1 fully saturated rings. The molecule has 0 aromatic heterocycles. The van der Waals surface area contributed by atoms with E-state index in [4.69, 9.17) is 4.74 Å². The first-order chi connectivity index (χ1) is 9.79. The molecular weight excluding hydrogens is 308 g/mol. The summed E-state index contributed by atoms with van der Waals surface area (Å²) in [6.45, 7) is 4.11. The highest BCUT2D eigenvalue weighted by atomic mass is 35.5. The monoisotopic (exact) mass is 330 g/mol. The Morgan fingerprint density at radius 2 is 2.29 bits per heavy atom. The maximum atomic E-state index is 12.0. The van der Waals surface area contributed by atoms with E-state index in [1.54, 1.807) is 0 Å². The van der Waals surface area contributed by atoms with Gasteiger partial charge in [0.15, 0.2) is 0 Å². The van der Waals surface area contributed by atoms with Crippen LogP contribution in [-0.4, -0.2) is 36.6 Å².